The van der Waals surface area contributed by atoms with Crippen LogP contribution in [-0.2, 0) is 20.9 Å². The third kappa shape index (κ3) is 2.25. The predicted octanol–water partition coefficient (Wildman–Crippen LogP) is 2.15. The molecule has 0 radical (unpaired) electrons. The highest BCUT2D eigenvalue weighted by atomic mass is 16.6. The molecule has 0 aromatic heterocycles. The molecule has 1 aromatic rings. The van der Waals surface area contributed by atoms with Gasteiger partial charge < -0.3 is 9.47 Å². The Labute approximate surface area is 95.4 Å². The van der Waals surface area contributed by atoms with E-state index < -0.39 is 6.10 Å². The van der Waals surface area contributed by atoms with Crippen molar-refractivity contribution in [3.8, 4) is 0 Å². The molecule has 0 aliphatic carbocycles. The number of ether oxygens (including phenoxy) is 2. The first-order valence-corrected chi connectivity index (χ1v) is 5.42. The monoisotopic (exact) mass is 220 g/mol. The van der Waals surface area contributed by atoms with Crippen molar-refractivity contribution in [2.24, 2.45) is 5.41 Å². The molecule has 1 fully saturated rings. The van der Waals surface area contributed by atoms with E-state index in [2.05, 4.69) is 0 Å². The van der Waals surface area contributed by atoms with E-state index in [-0.39, 0.29) is 11.4 Å². The molecule has 0 unspecified atom stereocenters. The number of hydrogen-bond acceptors (Lipinski definition) is 3. The molecule has 0 spiro atoms. The van der Waals surface area contributed by atoms with E-state index in [4.69, 9.17) is 9.47 Å². The number of benzene rings is 1. The molecule has 1 heterocycles. The minimum absolute atomic E-state index is 0.230. The normalized spacial score (nSPS) is 23.1. The van der Waals surface area contributed by atoms with Gasteiger partial charge in [0.2, 0.25) is 0 Å². The molecule has 3 nitrogen and oxygen atoms in total. The minimum Gasteiger partial charge on any atom is -0.463 e. The summed E-state index contributed by atoms with van der Waals surface area (Å²) in [4.78, 5) is 11.5. The van der Waals surface area contributed by atoms with E-state index in [1.807, 2.05) is 44.2 Å². The predicted molar refractivity (Wildman–Crippen MR) is 59.8 cm³/mol. The van der Waals surface area contributed by atoms with E-state index in [1.165, 1.54) is 0 Å². The molecular weight excluding hydrogens is 204 g/mol. The molecule has 0 N–H and O–H groups in total. The van der Waals surface area contributed by atoms with Crippen LogP contribution in [0.2, 0.25) is 0 Å². The Hall–Kier alpha value is -1.35. The van der Waals surface area contributed by atoms with E-state index in [0.29, 0.717) is 13.2 Å². The van der Waals surface area contributed by atoms with Crippen LogP contribution < -0.4 is 0 Å². The Morgan fingerprint density at radius 3 is 2.62 bits per heavy atom. The lowest BCUT2D eigenvalue weighted by Gasteiger charge is -2.21. The number of carbonyl (C=O) groups is 1. The summed E-state index contributed by atoms with van der Waals surface area (Å²) in [5.74, 6) is -0.249. The minimum atomic E-state index is -0.451. The molecule has 86 valence electrons. The maximum atomic E-state index is 11.5. The van der Waals surface area contributed by atoms with E-state index >= 15 is 0 Å². The zero-order chi connectivity index (χ0) is 11.6. The average Bonchev–Trinajstić information content (AvgIpc) is 2.52. The summed E-state index contributed by atoms with van der Waals surface area (Å²) < 4.78 is 10.6. The second-order valence-corrected chi connectivity index (χ2v) is 4.77. The van der Waals surface area contributed by atoms with E-state index in [0.717, 1.165) is 5.56 Å². The van der Waals surface area contributed by atoms with Crippen LogP contribution in [0.5, 0.6) is 0 Å². The number of esters is 1. The van der Waals surface area contributed by atoms with Crippen LogP contribution in [0.3, 0.4) is 0 Å². The third-order valence-electron chi connectivity index (χ3n) is 2.77. The summed E-state index contributed by atoms with van der Waals surface area (Å²) in [6, 6.07) is 9.82. The highest BCUT2D eigenvalue weighted by molar-refractivity contribution is 5.77. The molecule has 0 saturated carbocycles. The van der Waals surface area contributed by atoms with Gasteiger partial charge in [0.1, 0.15) is 0 Å². The molecule has 1 aliphatic heterocycles. The summed E-state index contributed by atoms with van der Waals surface area (Å²) in [7, 11) is 0. The molecule has 0 bridgehead atoms. The second-order valence-electron chi connectivity index (χ2n) is 4.77. The summed E-state index contributed by atoms with van der Waals surface area (Å²) >= 11 is 0. The molecule has 0 amide bonds. The Bertz CT molecular complexity index is 370. The third-order valence-corrected chi connectivity index (χ3v) is 2.77. The van der Waals surface area contributed by atoms with Gasteiger partial charge in [-0.25, -0.2) is 4.79 Å². The number of hydrogen-bond donors (Lipinski definition) is 0. The fourth-order valence-electron chi connectivity index (χ4n) is 1.77. The van der Waals surface area contributed by atoms with Crippen LogP contribution >= 0.6 is 0 Å². The van der Waals surface area contributed by atoms with Crippen molar-refractivity contribution in [2.45, 2.75) is 26.6 Å². The van der Waals surface area contributed by atoms with Gasteiger partial charge in [-0.05, 0) is 5.56 Å². The summed E-state index contributed by atoms with van der Waals surface area (Å²) in [5.41, 5.74) is 0.837. The van der Waals surface area contributed by atoms with Gasteiger partial charge in [0.15, 0.2) is 6.10 Å². The second kappa shape index (κ2) is 4.26. The molecule has 3 heteroatoms. The number of carbonyl (C=O) groups excluding carboxylic acids is 1. The number of rotatable bonds is 3. The summed E-state index contributed by atoms with van der Waals surface area (Å²) in [5, 5.41) is 0. The Balaban J connectivity index is 1.98. The lowest BCUT2D eigenvalue weighted by Crippen LogP contribution is -2.32. The zero-order valence-corrected chi connectivity index (χ0v) is 9.60. The Kier molecular flexibility index (Phi) is 2.97. The van der Waals surface area contributed by atoms with Crippen molar-refractivity contribution < 1.29 is 14.3 Å². The van der Waals surface area contributed by atoms with Crippen LogP contribution in [0.1, 0.15) is 19.4 Å². The molecule has 16 heavy (non-hydrogen) atoms. The summed E-state index contributed by atoms with van der Waals surface area (Å²) in [6.07, 6.45) is -0.451. The van der Waals surface area contributed by atoms with Crippen LogP contribution in [0.15, 0.2) is 30.3 Å². The first-order valence-electron chi connectivity index (χ1n) is 5.42. The van der Waals surface area contributed by atoms with Crippen LogP contribution in [0.25, 0.3) is 0 Å². The average molecular weight is 220 g/mol. The van der Waals surface area contributed by atoms with Gasteiger partial charge in [0.25, 0.3) is 0 Å². The SMILES string of the molecule is CC1(C)COC(=O)[C@@H]1OCc1ccccc1. The first kappa shape index (κ1) is 11.1. The van der Waals surface area contributed by atoms with E-state index in [9.17, 15) is 4.79 Å². The quantitative estimate of drug-likeness (QED) is 0.732. The Morgan fingerprint density at radius 2 is 2.06 bits per heavy atom. The van der Waals surface area contributed by atoms with Crippen LogP contribution in [-0.4, -0.2) is 18.7 Å². The van der Waals surface area contributed by atoms with Crippen molar-refractivity contribution in [3.63, 3.8) is 0 Å². The molecular formula is C13H16O3. The highest BCUT2D eigenvalue weighted by Gasteiger charge is 2.44. The fourth-order valence-corrected chi connectivity index (χ4v) is 1.77. The lowest BCUT2D eigenvalue weighted by atomic mass is 9.90. The van der Waals surface area contributed by atoms with Crippen molar-refractivity contribution in [1.29, 1.82) is 0 Å². The first-order chi connectivity index (χ1) is 7.59. The van der Waals surface area contributed by atoms with E-state index in [1.54, 1.807) is 0 Å². The van der Waals surface area contributed by atoms with Crippen molar-refractivity contribution in [3.05, 3.63) is 35.9 Å². The van der Waals surface area contributed by atoms with Gasteiger partial charge in [0, 0.05) is 5.41 Å². The van der Waals surface area contributed by atoms with Crippen molar-refractivity contribution in [2.75, 3.05) is 6.61 Å². The maximum absolute atomic E-state index is 11.5. The van der Waals surface area contributed by atoms with Crippen molar-refractivity contribution in [1.82, 2.24) is 0 Å². The molecule has 2 rings (SSSR count). The maximum Gasteiger partial charge on any atom is 0.335 e. The van der Waals surface area contributed by atoms with Gasteiger partial charge in [-0.1, -0.05) is 44.2 Å². The van der Waals surface area contributed by atoms with Crippen molar-refractivity contribution >= 4 is 5.97 Å². The zero-order valence-electron chi connectivity index (χ0n) is 9.60. The molecule has 1 saturated heterocycles. The molecule has 1 aromatic carbocycles. The van der Waals surface area contributed by atoms with Gasteiger partial charge in [-0.3, -0.25) is 0 Å². The van der Waals surface area contributed by atoms with Crippen LogP contribution in [0, 0.1) is 5.41 Å². The molecule has 1 aliphatic rings. The van der Waals surface area contributed by atoms with Gasteiger partial charge in [-0.15, -0.1) is 0 Å². The number of cyclic esters (lactones) is 1. The standard InChI is InChI=1S/C13H16O3/c1-13(2)9-16-12(14)11(13)15-8-10-6-4-3-5-7-10/h3-7,11H,8-9H2,1-2H3/t11-/m0/s1. The highest BCUT2D eigenvalue weighted by Crippen LogP contribution is 2.31. The van der Waals surface area contributed by atoms with Crippen LogP contribution in [0.4, 0.5) is 0 Å². The largest absolute Gasteiger partial charge is 0.463 e. The topological polar surface area (TPSA) is 35.5 Å². The molecule has 1 atom stereocenters. The van der Waals surface area contributed by atoms with Gasteiger partial charge in [-0.2, -0.15) is 0 Å². The van der Waals surface area contributed by atoms with Gasteiger partial charge in [0.05, 0.1) is 13.2 Å². The summed E-state index contributed by atoms with van der Waals surface area (Å²) in [6.45, 7) is 4.84. The lowest BCUT2D eigenvalue weighted by molar-refractivity contribution is -0.149. The fraction of sp³-hybridized carbons (Fsp3) is 0.462. The smallest absolute Gasteiger partial charge is 0.335 e. The van der Waals surface area contributed by atoms with Gasteiger partial charge >= 0.3 is 5.97 Å². The Morgan fingerprint density at radius 1 is 1.38 bits per heavy atom.